The number of likely N-dealkylation sites (tertiary alicyclic amines) is 1. The summed E-state index contributed by atoms with van der Waals surface area (Å²) in [4.78, 5) is 49.5. The molecule has 2 fully saturated rings. The minimum atomic E-state index is -1.06. The summed E-state index contributed by atoms with van der Waals surface area (Å²) in [5.74, 6) is -0.531. The molecule has 1 aromatic heterocycles. The number of aliphatic hydroxyl groups is 1. The van der Waals surface area contributed by atoms with Crippen molar-refractivity contribution in [2.24, 2.45) is 11.7 Å². The third-order valence-corrected chi connectivity index (χ3v) is 6.05. The summed E-state index contributed by atoms with van der Waals surface area (Å²) in [7, 11) is 0. The molecule has 2 heterocycles. The number of amides is 2. The van der Waals surface area contributed by atoms with Crippen LogP contribution in [0.3, 0.4) is 0 Å². The summed E-state index contributed by atoms with van der Waals surface area (Å²) < 4.78 is 1.44. The number of nitrogens with two attached hydrogens (primary N) is 1. The summed E-state index contributed by atoms with van der Waals surface area (Å²) >= 11 is 0. The van der Waals surface area contributed by atoms with Crippen molar-refractivity contribution >= 4 is 41.0 Å². The molecule has 158 valence electrons. The predicted molar refractivity (Wildman–Crippen MR) is 107 cm³/mol. The van der Waals surface area contributed by atoms with Gasteiger partial charge in [-0.1, -0.05) is 0 Å². The fourth-order valence-corrected chi connectivity index (χ4v) is 4.59. The van der Waals surface area contributed by atoms with Crippen molar-refractivity contribution in [1.29, 1.82) is 0 Å². The van der Waals surface area contributed by atoms with E-state index in [1.165, 1.54) is 4.68 Å². The quantitative estimate of drug-likeness (QED) is 0.527. The second kappa shape index (κ2) is 7.96. The van der Waals surface area contributed by atoms with Gasteiger partial charge in [0.05, 0.1) is 18.2 Å². The van der Waals surface area contributed by atoms with E-state index in [-0.39, 0.29) is 36.1 Å². The molecule has 1 saturated carbocycles. The molecule has 1 aliphatic carbocycles. The highest BCUT2D eigenvalue weighted by Crippen LogP contribution is 2.41. The lowest BCUT2D eigenvalue weighted by Crippen LogP contribution is -2.47. The van der Waals surface area contributed by atoms with Gasteiger partial charge in [0, 0.05) is 17.1 Å². The number of carbonyl (C=O) groups excluding carboxylic acids is 4. The van der Waals surface area contributed by atoms with Crippen LogP contribution in [0.1, 0.15) is 29.8 Å². The Morgan fingerprint density at radius 3 is 2.83 bits per heavy atom. The van der Waals surface area contributed by atoms with Crippen molar-refractivity contribution < 1.29 is 24.3 Å². The minimum absolute atomic E-state index is 0.0843. The smallest absolute Gasteiger partial charge is 0.245 e. The molecule has 10 nitrogen and oxygen atoms in total. The number of hydrogen-bond acceptors (Lipinski definition) is 7. The first-order chi connectivity index (χ1) is 14.5. The van der Waals surface area contributed by atoms with E-state index in [2.05, 4.69) is 10.4 Å². The highest BCUT2D eigenvalue weighted by Gasteiger charge is 2.47. The Kier molecular flexibility index (Phi) is 5.35. The fraction of sp³-hybridized carbons (Fsp3) is 0.450. The van der Waals surface area contributed by atoms with Crippen LogP contribution in [0.4, 0.5) is 5.69 Å². The predicted octanol–water partition coefficient (Wildman–Crippen LogP) is -0.315. The molecule has 10 heteroatoms. The second-order valence-corrected chi connectivity index (χ2v) is 7.83. The standard InChI is InChI=1S/C20H23N5O5/c21-15(8-26)20(30)22-12-2-4-17-14(6-12)16(9-27)23-24(17)7-19(29)25-13-3-1-11(5-13)18(25)10-28/h2,4,6,9-11,13,15,18,26H,1,3,5,7-8,21H2,(H,22,30). The number of anilines is 1. The third kappa shape index (κ3) is 3.37. The highest BCUT2D eigenvalue weighted by atomic mass is 16.3. The van der Waals surface area contributed by atoms with E-state index < -0.39 is 18.6 Å². The van der Waals surface area contributed by atoms with Crippen LogP contribution in [-0.2, 0) is 20.9 Å². The van der Waals surface area contributed by atoms with Crippen LogP contribution < -0.4 is 11.1 Å². The van der Waals surface area contributed by atoms with Crippen LogP contribution in [0.15, 0.2) is 18.2 Å². The fourth-order valence-electron chi connectivity index (χ4n) is 4.59. The van der Waals surface area contributed by atoms with Gasteiger partial charge in [0.15, 0.2) is 6.29 Å². The summed E-state index contributed by atoms with van der Waals surface area (Å²) in [6.07, 6.45) is 4.16. The van der Waals surface area contributed by atoms with Gasteiger partial charge in [-0.3, -0.25) is 19.1 Å². The number of nitrogens with one attached hydrogen (secondary N) is 1. The van der Waals surface area contributed by atoms with Crippen LogP contribution in [0.5, 0.6) is 0 Å². The van der Waals surface area contributed by atoms with Crippen molar-refractivity contribution in [3.05, 3.63) is 23.9 Å². The number of benzene rings is 1. The molecule has 30 heavy (non-hydrogen) atoms. The average molecular weight is 413 g/mol. The average Bonchev–Trinajstić information content (AvgIpc) is 3.45. The molecular weight excluding hydrogens is 390 g/mol. The zero-order chi connectivity index (χ0) is 21.4. The Hall–Kier alpha value is -3.11. The SMILES string of the molecule is NC(CO)C(=O)Nc1ccc2c(c1)c(C=O)nn2CC(=O)N1C2CCC(C2)C1C=O. The Morgan fingerprint density at radius 2 is 2.13 bits per heavy atom. The minimum Gasteiger partial charge on any atom is -0.394 e. The maximum absolute atomic E-state index is 13.0. The van der Waals surface area contributed by atoms with Crippen LogP contribution in [-0.4, -0.2) is 68.9 Å². The largest absolute Gasteiger partial charge is 0.394 e. The monoisotopic (exact) mass is 413 g/mol. The molecule has 4 rings (SSSR count). The molecule has 4 atom stereocenters. The zero-order valence-electron chi connectivity index (χ0n) is 16.2. The lowest BCUT2D eigenvalue weighted by atomic mass is 10.00. The van der Waals surface area contributed by atoms with E-state index in [1.54, 1.807) is 23.1 Å². The number of aldehydes is 2. The van der Waals surface area contributed by atoms with Gasteiger partial charge < -0.3 is 25.9 Å². The zero-order valence-corrected chi connectivity index (χ0v) is 16.2. The number of fused-ring (bicyclic) bond motifs is 3. The third-order valence-electron chi connectivity index (χ3n) is 6.05. The number of aliphatic hydroxyl groups excluding tert-OH is 1. The topological polar surface area (TPSA) is 148 Å². The molecule has 1 aliphatic heterocycles. The lowest BCUT2D eigenvalue weighted by Gasteiger charge is -2.32. The number of hydrogen-bond donors (Lipinski definition) is 3. The van der Waals surface area contributed by atoms with Gasteiger partial charge in [-0.2, -0.15) is 5.10 Å². The van der Waals surface area contributed by atoms with Gasteiger partial charge in [-0.25, -0.2) is 0 Å². The molecule has 0 radical (unpaired) electrons. The normalized spacial score (nSPS) is 23.5. The number of nitrogens with zero attached hydrogens (tertiary/aromatic N) is 3. The highest BCUT2D eigenvalue weighted by molar-refractivity contribution is 6.00. The summed E-state index contributed by atoms with van der Waals surface area (Å²) in [5, 5.41) is 16.3. The molecule has 1 aromatic carbocycles. The number of piperidine rings is 1. The first-order valence-electron chi connectivity index (χ1n) is 9.86. The Morgan fingerprint density at radius 1 is 1.33 bits per heavy atom. The molecule has 2 aliphatic rings. The van der Waals surface area contributed by atoms with Crippen LogP contribution >= 0.6 is 0 Å². The van der Waals surface area contributed by atoms with Crippen molar-refractivity contribution in [2.75, 3.05) is 11.9 Å². The van der Waals surface area contributed by atoms with Crippen molar-refractivity contribution in [1.82, 2.24) is 14.7 Å². The molecule has 4 unspecified atom stereocenters. The Labute approximate surface area is 172 Å². The van der Waals surface area contributed by atoms with Gasteiger partial charge in [-0.05, 0) is 43.4 Å². The molecule has 4 N–H and O–H groups in total. The molecule has 2 amide bonds. The Bertz CT molecular complexity index is 1020. The summed E-state index contributed by atoms with van der Waals surface area (Å²) in [6.45, 7) is -0.577. The first kappa shape index (κ1) is 20.2. The first-order valence-corrected chi connectivity index (χ1v) is 9.86. The van der Waals surface area contributed by atoms with E-state index in [9.17, 15) is 19.2 Å². The van der Waals surface area contributed by atoms with Crippen molar-refractivity contribution in [3.8, 4) is 0 Å². The Balaban J connectivity index is 1.59. The summed E-state index contributed by atoms with van der Waals surface area (Å²) in [5.41, 5.74) is 6.58. The van der Waals surface area contributed by atoms with E-state index in [1.807, 2.05) is 0 Å². The maximum Gasteiger partial charge on any atom is 0.245 e. The summed E-state index contributed by atoms with van der Waals surface area (Å²) in [6, 6.07) is 3.46. The van der Waals surface area contributed by atoms with E-state index >= 15 is 0 Å². The van der Waals surface area contributed by atoms with Crippen LogP contribution in [0, 0.1) is 5.92 Å². The number of aromatic nitrogens is 2. The molecule has 2 aromatic rings. The van der Waals surface area contributed by atoms with E-state index in [4.69, 9.17) is 10.8 Å². The van der Waals surface area contributed by atoms with Gasteiger partial charge in [0.1, 0.15) is 24.6 Å². The number of rotatable bonds is 7. The lowest BCUT2D eigenvalue weighted by molar-refractivity contribution is -0.139. The molecule has 0 spiro atoms. The maximum atomic E-state index is 13.0. The van der Waals surface area contributed by atoms with Crippen molar-refractivity contribution in [3.63, 3.8) is 0 Å². The van der Waals surface area contributed by atoms with E-state index in [0.29, 0.717) is 22.9 Å². The van der Waals surface area contributed by atoms with Crippen LogP contribution in [0.25, 0.3) is 10.9 Å². The number of carbonyl (C=O) groups is 4. The van der Waals surface area contributed by atoms with Gasteiger partial charge in [0.25, 0.3) is 0 Å². The second-order valence-electron chi connectivity index (χ2n) is 7.83. The molecular formula is C20H23N5O5. The van der Waals surface area contributed by atoms with E-state index in [0.717, 1.165) is 25.5 Å². The molecule has 2 bridgehead atoms. The van der Waals surface area contributed by atoms with Gasteiger partial charge >= 0.3 is 0 Å². The van der Waals surface area contributed by atoms with Crippen molar-refractivity contribution in [2.45, 2.75) is 43.9 Å². The van der Waals surface area contributed by atoms with Gasteiger partial charge in [-0.15, -0.1) is 0 Å². The van der Waals surface area contributed by atoms with Crippen LogP contribution in [0.2, 0.25) is 0 Å². The van der Waals surface area contributed by atoms with Gasteiger partial charge in [0.2, 0.25) is 11.8 Å². The molecule has 1 saturated heterocycles.